The summed E-state index contributed by atoms with van der Waals surface area (Å²) in [6.07, 6.45) is 1.81. The molecule has 1 atom stereocenters. The number of imide groups is 1. The predicted octanol–water partition coefficient (Wildman–Crippen LogP) is 3.24. The maximum Gasteiger partial charge on any atom is 0.373 e. The Morgan fingerprint density at radius 2 is 2.06 bits per heavy atom. The van der Waals surface area contributed by atoms with Gasteiger partial charge in [-0.3, -0.25) is 19.8 Å². The number of nitrogens with zero attached hydrogens (tertiary/aromatic N) is 2. The Kier molecular flexibility index (Phi) is 6.57. The van der Waals surface area contributed by atoms with E-state index >= 15 is 0 Å². The van der Waals surface area contributed by atoms with E-state index in [9.17, 15) is 24.5 Å². The van der Waals surface area contributed by atoms with E-state index in [0.29, 0.717) is 12.0 Å². The van der Waals surface area contributed by atoms with Crippen molar-refractivity contribution in [2.75, 3.05) is 7.11 Å². The minimum Gasteiger partial charge on any atom is -0.484 e. The molecule has 1 aromatic carbocycles. The van der Waals surface area contributed by atoms with Crippen molar-refractivity contribution in [1.29, 1.82) is 0 Å². The van der Waals surface area contributed by atoms with Gasteiger partial charge in [0.1, 0.15) is 11.5 Å². The molecule has 0 bridgehead atoms. The van der Waals surface area contributed by atoms with Gasteiger partial charge in [0.15, 0.2) is 5.75 Å². The van der Waals surface area contributed by atoms with Crippen molar-refractivity contribution in [2.45, 2.75) is 32.9 Å². The second-order valence-corrected chi connectivity index (χ2v) is 6.96. The van der Waals surface area contributed by atoms with Crippen molar-refractivity contribution < 1.29 is 33.2 Å². The highest BCUT2D eigenvalue weighted by Gasteiger charge is 2.34. The normalized spacial score (nSPS) is 15.6. The van der Waals surface area contributed by atoms with Gasteiger partial charge >= 0.3 is 17.7 Å². The lowest BCUT2D eigenvalue weighted by molar-refractivity contribution is -0.386. The number of ether oxygens (including phenoxy) is 2. The summed E-state index contributed by atoms with van der Waals surface area (Å²) < 4.78 is 15.4. The Hall–Kier alpha value is -4.15. The fraction of sp³-hybridized carbons (Fsp3) is 0.286. The Balaban J connectivity index is 1.80. The number of furan rings is 1. The van der Waals surface area contributed by atoms with Crippen LogP contribution in [0.2, 0.25) is 0 Å². The largest absolute Gasteiger partial charge is 0.484 e. The first kappa shape index (κ1) is 22.5. The number of nitro groups is 1. The van der Waals surface area contributed by atoms with Crippen molar-refractivity contribution >= 4 is 29.7 Å². The number of methoxy groups -OCH3 is 1. The summed E-state index contributed by atoms with van der Waals surface area (Å²) >= 11 is 0. The number of amides is 3. The number of nitrogens with one attached hydrogen (secondary N) is 1. The van der Waals surface area contributed by atoms with E-state index in [1.54, 1.807) is 13.0 Å². The lowest BCUT2D eigenvalue weighted by Gasteiger charge is -2.12. The average Bonchev–Trinajstić information content (AvgIpc) is 3.34. The van der Waals surface area contributed by atoms with Crippen molar-refractivity contribution in [1.82, 2.24) is 10.2 Å². The van der Waals surface area contributed by atoms with Crippen LogP contribution in [0.1, 0.15) is 42.1 Å². The number of carbonyl (C=O) groups excluding carboxylic acids is 3. The van der Waals surface area contributed by atoms with Crippen molar-refractivity contribution in [3.8, 4) is 5.75 Å². The van der Waals surface area contributed by atoms with E-state index in [1.807, 2.05) is 6.92 Å². The third-order valence-electron chi connectivity index (χ3n) is 4.72. The molecule has 2 aromatic rings. The summed E-state index contributed by atoms with van der Waals surface area (Å²) in [5.74, 6) is -1.06. The topological polar surface area (TPSA) is 141 Å². The van der Waals surface area contributed by atoms with E-state index in [4.69, 9.17) is 9.15 Å². The van der Waals surface area contributed by atoms with E-state index in [0.717, 1.165) is 4.90 Å². The van der Waals surface area contributed by atoms with Crippen LogP contribution in [-0.2, 0) is 16.1 Å². The van der Waals surface area contributed by atoms with Crippen LogP contribution in [0.3, 0.4) is 0 Å². The van der Waals surface area contributed by atoms with Gasteiger partial charge < -0.3 is 19.2 Å². The van der Waals surface area contributed by atoms with Crippen LogP contribution in [0.15, 0.2) is 40.4 Å². The molecule has 0 saturated carbocycles. The minimum absolute atomic E-state index is 0.0559. The van der Waals surface area contributed by atoms with Gasteiger partial charge in [-0.05, 0) is 43.2 Å². The molecule has 1 N–H and O–H groups in total. The molecule has 1 aromatic heterocycles. The third kappa shape index (κ3) is 4.77. The van der Waals surface area contributed by atoms with Gasteiger partial charge in [0.25, 0.3) is 5.91 Å². The molecule has 0 radical (unpaired) electrons. The summed E-state index contributed by atoms with van der Waals surface area (Å²) in [5.41, 5.74) is 0.0310. The van der Waals surface area contributed by atoms with Gasteiger partial charge in [-0.1, -0.05) is 13.0 Å². The van der Waals surface area contributed by atoms with Gasteiger partial charge in [-0.2, -0.15) is 0 Å². The second-order valence-electron chi connectivity index (χ2n) is 6.96. The zero-order chi connectivity index (χ0) is 23.4. The lowest BCUT2D eigenvalue weighted by Crippen LogP contribution is -2.30. The number of rotatable bonds is 8. The predicted molar refractivity (Wildman–Crippen MR) is 111 cm³/mol. The molecule has 1 saturated heterocycles. The minimum atomic E-state index is -0.691. The van der Waals surface area contributed by atoms with Gasteiger partial charge in [0.2, 0.25) is 5.76 Å². The Bertz CT molecular complexity index is 1100. The molecule has 3 amide bonds. The highest BCUT2D eigenvalue weighted by molar-refractivity contribution is 6.13. The van der Waals surface area contributed by atoms with E-state index in [1.165, 1.54) is 37.5 Å². The number of nitro benzene ring substituents is 1. The molecule has 0 spiro atoms. The molecule has 32 heavy (non-hydrogen) atoms. The SMILES string of the molecule is CC[C@@H](C)Oc1ccc(/C=C2\NC(=O)N(Cc3ccc(C(=O)OC)o3)C2=O)cc1[N+](=O)[O-]. The molecule has 1 fully saturated rings. The Morgan fingerprint density at radius 3 is 2.72 bits per heavy atom. The zero-order valence-corrected chi connectivity index (χ0v) is 17.6. The standard InChI is InChI=1S/C21H21N3O8/c1-4-12(2)31-17-7-5-13(10-16(17)24(28)29)9-15-19(25)23(21(27)22-15)11-14-6-8-18(32-14)20(26)30-3/h5-10,12H,4,11H2,1-3H3,(H,22,27)/b15-9-/t12-/m1/s1. The first-order chi connectivity index (χ1) is 15.2. The fourth-order valence-corrected chi connectivity index (χ4v) is 2.88. The Labute approximate surface area is 182 Å². The fourth-order valence-electron chi connectivity index (χ4n) is 2.88. The third-order valence-corrected chi connectivity index (χ3v) is 4.72. The highest BCUT2D eigenvalue weighted by atomic mass is 16.6. The quantitative estimate of drug-likeness (QED) is 0.215. The molecule has 11 nitrogen and oxygen atoms in total. The number of carbonyl (C=O) groups is 3. The van der Waals surface area contributed by atoms with Crippen LogP contribution in [0.4, 0.5) is 10.5 Å². The number of esters is 1. The van der Waals surface area contributed by atoms with E-state index < -0.39 is 22.8 Å². The molecular weight excluding hydrogens is 422 g/mol. The lowest BCUT2D eigenvalue weighted by atomic mass is 10.1. The number of urea groups is 1. The van der Waals surface area contributed by atoms with Gasteiger partial charge in [-0.15, -0.1) is 0 Å². The molecule has 11 heteroatoms. The van der Waals surface area contributed by atoms with Gasteiger partial charge in [0, 0.05) is 6.07 Å². The van der Waals surface area contributed by atoms with Gasteiger partial charge in [0.05, 0.1) is 24.7 Å². The van der Waals surface area contributed by atoms with Crippen molar-refractivity contribution in [2.24, 2.45) is 0 Å². The summed E-state index contributed by atoms with van der Waals surface area (Å²) in [7, 11) is 1.20. The maximum atomic E-state index is 12.7. The summed E-state index contributed by atoms with van der Waals surface area (Å²) in [6.45, 7) is 3.49. The molecule has 1 aliphatic rings. The van der Waals surface area contributed by atoms with Crippen LogP contribution >= 0.6 is 0 Å². The van der Waals surface area contributed by atoms with Crippen molar-refractivity contribution in [3.63, 3.8) is 0 Å². The summed E-state index contributed by atoms with van der Waals surface area (Å²) in [5, 5.41) is 13.9. The first-order valence-electron chi connectivity index (χ1n) is 9.70. The van der Waals surface area contributed by atoms with Gasteiger partial charge in [-0.25, -0.2) is 9.59 Å². The number of benzene rings is 1. The molecule has 0 unspecified atom stereocenters. The van der Waals surface area contributed by atoms with Crippen LogP contribution in [-0.4, -0.2) is 40.9 Å². The van der Waals surface area contributed by atoms with E-state index in [2.05, 4.69) is 10.1 Å². The molecule has 2 heterocycles. The van der Waals surface area contributed by atoms with Crippen LogP contribution in [0.5, 0.6) is 5.75 Å². The molecule has 0 aliphatic carbocycles. The second kappa shape index (κ2) is 9.33. The Morgan fingerprint density at radius 1 is 1.31 bits per heavy atom. The zero-order valence-electron chi connectivity index (χ0n) is 17.6. The molecule has 1 aliphatic heterocycles. The maximum absolute atomic E-state index is 12.7. The molecule has 168 valence electrons. The summed E-state index contributed by atoms with van der Waals surface area (Å²) in [6, 6.07) is 6.40. The van der Waals surface area contributed by atoms with E-state index in [-0.39, 0.29) is 41.3 Å². The smallest absolute Gasteiger partial charge is 0.373 e. The first-order valence-corrected chi connectivity index (χ1v) is 9.70. The van der Waals surface area contributed by atoms with Crippen LogP contribution in [0, 0.1) is 10.1 Å². The monoisotopic (exact) mass is 443 g/mol. The number of hydrogen-bond acceptors (Lipinski definition) is 8. The molecular formula is C21H21N3O8. The average molecular weight is 443 g/mol. The number of hydrogen-bond donors (Lipinski definition) is 1. The van der Waals surface area contributed by atoms with Crippen molar-refractivity contribution in [3.05, 3.63) is 63.2 Å². The highest BCUT2D eigenvalue weighted by Crippen LogP contribution is 2.30. The van der Waals surface area contributed by atoms with Crippen LogP contribution < -0.4 is 10.1 Å². The van der Waals surface area contributed by atoms with Crippen LogP contribution in [0.25, 0.3) is 6.08 Å². The summed E-state index contributed by atoms with van der Waals surface area (Å²) in [4.78, 5) is 48.2. The molecule has 3 rings (SSSR count).